The van der Waals surface area contributed by atoms with Crippen LogP contribution < -0.4 is 0 Å². The van der Waals surface area contributed by atoms with E-state index < -0.39 is 0 Å². The number of nitrogens with zero attached hydrogens (tertiary/aromatic N) is 2. The molecule has 4 nitrogen and oxygen atoms in total. The number of ether oxygens (including phenoxy) is 2. The fraction of sp³-hybridized carbons (Fsp3) is 0.722. The van der Waals surface area contributed by atoms with Gasteiger partial charge in [-0.1, -0.05) is 6.07 Å². The third-order valence-corrected chi connectivity index (χ3v) is 5.31. The Hall–Kier alpha value is -0.970. The van der Waals surface area contributed by atoms with Gasteiger partial charge in [-0.25, -0.2) is 0 Å². The molecule has 1 saturated carbocycles. The quantitative estimate of drug-likeness (QED) is 0.807. The summed E-state index contributed by atoms with van der Waals surface area (Å²) in [5, 5.41) is 0. The zero-order chi connectivity index (χ0) is 14.8. The van der Waals surface area contributed by atoms with E-state index in [0.717, 1.165) is 45.1 Å². The fourth-order valence-electron chi connectivity index (χ4n) is 3.83. The number of aromatic nitrogens is 1. The van der Waals surface area contributed by atoms with Gasteiger partial charge in [0.25, 0.3) is 0 Å². The van der Waals surface area contributed by atoms with Crippen LogP contribution in [0.2, 0.25) is 0 Å². The predicted octanol–water partition coefficient (Wildman–Crippen LogP) is 2.28. The van der Waals surface area contributed by atoms with Crippen LogP contribution in [-0.2, 0) is 15.9 Å². The van der Waals surface area contributed by atoms with Gasteiger partial charge in [-0.3, -0.25) is 9.88 Å². The lowest BCUT2D eigenvalue weighted by Crippen LogP contribution is -2.44. The van der Waals surface area contributed by atoms with Crippen LogP contribution >= 0.6 is 0 Å². The van der Waals surface area contributed by atoms with Crippen molar-refractivity contribution in [2.24, 2.45) is 5.92 Å². The second-order valence-electron chi connectivity index (χ2n) is 6.99. The van der Waals surface area contributed by atoms with E-state index in [-0.39, 0.29) is 0 Å². The Labute approximate surface area is 132 Å². The van der Waals surface area contributed by atoms with Crippen LogP contribution in [0, 0.1) is 5.92 Å². The zero-order valence-corrected chi connectivity index (χ0v) is 13.2. The van der Waals surface area contributed by atoms with E-state index in [2.05, 4.69) is 16.0 Å². The topological polar surface area (TPSA) is 34.6 Å². The van der Waals surface area contributed by atoms with Gasteiger partial charge < -0.3 is 9.47 Å². The van der Waals surface area contributed by atoms with E-state index >= 15 is 0 Å². The number of hydrogen-bond donors (Lipinski definition) is 0. The third-order valence-electron chi connectivity index (χ3n) is 5.31. The molecular formula is C18H26N2O2. The Morgan fingerprint density at radius 3 is 2.95 bits per heavy atom. The molecule has 3 aliphatic rings. The molecule has 3 atom stereocenters. The van der Waals surface area contributed by atoms with Crippen LogP contribution in [-0.4, -0.2) is 54.4 Å². The van der Waals surface area contributed by atoms with Gasteiger partial charge in [-0.15, -0.1) is 0 Å². The van der Waals surface area contributed by atoms with Crippen molar-refractivity contribution in [1.29, 1.82) is 0 Å². The molecule has 120 valence electrons. The van der Waals surface area contributed by atoms with Crippen LogP contribution in [0.15, 0.2) is 24.5 Å². The molecule has 0 unspecified atom stereocenters. The van der Waals surface area contributed by atoms with Gasteiger partial charge in [0, 0.05) is 44.2 Å². The normalized spacial score (nSPS) is 32.6. The van der Waals surface area contributed by atoms with E-state index in [1.165, 1.54) is 24.8 Å². The van der Waals surface area contributed by atoms with Crippen molar-refractivity contribution in [3.8, 4) is 0 Å². The standard InChI is InChI=1S/C18H26N2O2/c1-2-15(11-19-7-1)10-17-18(22-12-14-3-4-14)5-8-20(17)16-6-9-21-13-16/h1-2,7,11,14,16-18H,3-6,8-10,12-13H2/t16-,17+,18+/m1/s1. The molecule has 0 radical (unpaired) electrons. The first-order chi connectivity index (χ1) is 10.9. The molecule has 2 saturated heterocycles. The Morgan fingerprint density at radius 2 is 2.23 bits per heavy atom. The molecule has 0 amide bonds. The number of pyridine rings is 1. The average Bonchev–Trinajstić information content (AvgIpc) is 3.07. The van der Waals surface area contributed by atoms with Crippen molar-refractivity contribution >= 4 is 0 Å². The highest BCUT2D eigenvalue weighted by Gasteiger charge is 2.40. The SMILES string of the molecule is c1cncc(C[C@H]2[C@@H](OCC3CC3)CCN2[C@@H]2CCOC2)c1. The van der Waals surface area contributed by atoms with Crippen molar-refractivity contribution < 1.29 is 9.47 Å². The van der Waals surface area contributed by atoms with E-state index in [1.807, 2.05) is 18.5 Å². The predicted molar refractivity (Wildman–Crippen MR) is 84.7 cm³/mol. The first-order valence-corrected chi connectivity index (χ1v) is 8.74. The summed E-state index contributed by atoms with van der Waals surface area (Å²) in [4.78, 5) is 6.92. The van der Waals surface area contributed by atoms with Crippen molar-refractivity contribution in [3.05, 3.63) is 30.1 Å². The summed E-state index contributed by atoms with van der Waals surface area (Å²) in [6, 6.07) is 5.28. The molecule has 3 fully saturated rings. The van der Waals surface area contributed by atoms with Gasteiger partial charge in [0.15, 0.2) is 0 Å². The van der Waals surface area contributed by atoms with E-state index in [0.29, 0.717) is 18.2 Å². The van der Waals surface area contributed by atoms with E-state index in [4.69, 9.17) is 9.47 Å². The Balaban J connectivity index is 1.45. The van der Waals surface area contributed by atoms with Gasteiger partial charge in [0.1, 0.15) is 0 Å². The van der Waals surface area contributed by atoms with E-state index in [9.17, 15) is 0 Å². The molecule has 22 heavy (non-hydrogen) atoms. The summed E-state index contributed by atoms with van der Waals surface area (Å²) in [6.07, 6.45) is 10.3. The highest BCUT2D eigenvalue weighted by atomic mass is 16.5. The molecule has 0 bridgehead atoms. The third kappa shape index (κ3) is 3.34. The lowest BCUT2D eigenvalue weighted by atomic mass is 10.0. The summed E-state index contributed by atoms with van der Waals surface area (Å²) in [7, 11) is 0. The molecule has 4 heteroatoms. The van der Waals surface area contributed by atoms with Crippen molar-refractivity contribution in [3.63, 3.8) is 0 Å². The maximum Gasteiger partial charge on any atom is 0.0745 e. The Bertz CT molecular complexity index is 471. The van der Waals surface area contributed by atoms with E-state index in [1.54, 1.807) is 0 Å². The number of likely N-dealkylation sites (tertiary alicyclic amines) is 1. The van der Waals surface area contributed by atoms with Crippen LogP contribution in [0.4, 0.5) is 0 Å². The molecule has 0 N–H and O–H groups in total. The summed E-state index contributed by atoms with van der Waals surface area (Å²) in [5.41, 5.74) is 1.32. The maximum atomic E-state index is 6.30. The largest absolute Gasteiger partial charge is 0.380 e. The second-order valence-corrected chi connectivity index (χ2v) is 6.99. The molecule has 3 heterocycles. The van der Waals surface area contributed by atoms with Crippen molar-refractivity contribution in [1.82, 2.24) is 9.88 Å². The van der Waals surface area contributed by atoms with Gasteiger partial charge in [0.05, 0.1) is 12.7 Å². The fourth-order valence-corrected chi connectivity index (χ4v) is 3.83. The highest BCUT2D eigenvalue weighted by molar-refractivity contribution is 5.12. The molecule has 0 aromatic carbocycles. The molecule has 0 spiro atoms. The van der Waals surface area contributed by atoms with Gasteiger partial charge in [0.2, 0.25) is 0 Å². The maximum absolute atomic E-state index is 6.30. The van der Waals surface area contributed by atoms with Gasteiger partial charge in [-0.2, -0.15) is 0 Å². The zero-order valence-electron chi connectivity index (χ0n) is 13.2. The smallest absolute Gasteiger partial charge is 0.0745 e. The first-order valence-electron chi connectivity index (χ1n) is 8.74. The minimum atomic E-state index is 0.376. The Morgan fingerprint density at radius 1 is 1.27 bits per heavy atom. The summed E-state index contributed by atoms with van der Waals surface area (Å²) >= 11 is 0. The lowest BCUT2D eigenvalue weighted by Gasteiger charge is -2.32. The molecule has 1 aliphatic carbocycles. The van der Waals surface area contributed by atoms with Crippen LogP contribution in [0.25, 0.3) is 0 Å². The average molecular weight is 302 g/mol. The summed E-state index contributed by atoms with van der Waals surface area (Å²) < 4.78 is 11.9. The Kier molecular flexibility index (Phi) is 4.42. The van der Waals surface area contributed by atoms with Crippen LogP contribution in [0.1, 0.15) is 31.2 Å². The summed E-state index contributed by atoms with van der Waals surface area (Å²) in [5.74, 6) is 0.836. The molecule has 1 aromatic rings. The first kappa shape index (κ1) is 14.6. The lowest BCUT2D eigenvalue weighted by molar-refractivity contribution is 0.0122. The van der Waals surface area contributed by atoms with Gasteiger partial charge >= 0.3 is 0 Å². The second kappa shape index (κ2) is 6.65. The monoisotopic (exact) mass is 302 g/mol. The van der Waals surface area contributed by atoms with Gasteiger partial charge in [-0.05, 0) is 49.7 Å². The molecular weight excluding hydrogens is 276 g/mol. The van der Waals surface area contributed by atoms with Crippen LogP contribution in [0.3, 0.4) is 0 Å². The number of rotatable bonds is 6. The molecule has 2 aliphatic heterocycles. The highest BCUT2D eigenvalue weighted by Crippen LogP contribution is 2.33. The number of hydrogen-bond acceptors (Lipinski definition) is 4. The summed E-state index contributed by atoms with van der Waals surface area (Å²) in [6.45, 7) is 3.91. The van der Waals surface area contributed by atoms with Crippen molar-refractivity contribution in [2.75, 3.05) is 26.4 Å². The minimum absolute atomic E-state index is 0.376. The van der Waals surface area contributed by atoms with Crippen LogP contribution in [0.5, 0.6) is 0 Å². The van der Waals surface area contributed by atoms with Crippen molar-refractivity contribution in [2.45, 2.75) is 50.3 Å². The molecule has 1 aromatic heterocycles. The minimum Gasteiger partial charge on any atom is -0.380 e. The molecule has 4 rings (SSSR count).